The summed E-state index contributed by atoms with van der Waals surface area (Å²) in [5.41, 5.74) is 1.52. The first-order valence-electron chi connectivity index (χ1n) is 5.29. The predicted octanol–water partition coefficient (Wildman–Crippen LogP) is 4.43. The third kappa shape index (κ3) is 3.23. The lowest BCUT2D eigenvalue weighted by molar-refractivity contribution is 0.178. The first-order valence-corrected chi connectivity index (χ1v) is 6.84. The maximum Gasteiger partial charge on any atom is 0.0845 e. The second kappa shape index (κ2) is 6.02. The van der Waals surface area contributed by atoms with Crippen molar-refractivity contribution in [3.63, 3.8) is 0 Å². The number of rotatable bonds is 3. The number of aromatic nitrogens is 1. The summed E-state index contributed by atoms with van der Waals surface area (Å²) in [5, 5.41) is 11.3. The van der Waals surface area contributed by atoms with Crippen molar-refractivity contribution in [3.05, 3.63) is 62.3 Å². The van der Waals surface area contributed by atoms with Crippen LogP contribution in [0.25, 0.3) is 0 Å². The molecule has 0 aliphatic carbocycles. The smallest absolute Gasteiger partial charge is 0.0845 e. The lowest BCUT2D eigenvalue weighted by Gasteiger charge is -2.14. The molecule has 18 heavy (non-hydrogen) atoms. The molecule has 1 heterocycles. The molecule has 1 aromatic heterocycles. The Morgan fingerprint density at radius 2 is 2.00 bits per heavy atom. The second-order valence-electron chi connectivity index (χ2n) is 3.85. The van der Waals surface area contributed by atoms with Crippen LogP contribution in [-0.4, -0.2) is 10.1 Å². The van der Waals surface area contributed by atoms with Gasteiger partial charge in [-0.3, -0.25) is 4.98 Å². The predicted molar refractivity (Wildman–Crippen MR) is 77.1 cm³/mol. The van der Waals surface area contributed by atoms with Crippen LogP contribution in [0.2, 0.25) is 10.0 Å². The zero-order chi connectivity index (χ0) is 13.1. The number of hydrogen-bond acceptors (Lipinski definition) is 2. The molecule has 2 rings (SSSR count). The highest BCUT2D eigenvalue weighted by Gasteiger charge is 2.14. The van der Waals surface area contributed by atoms with Crippen molar-refractivity contribution in [1.82, 2.24) is 4.98 Å². The van der Waals surface area contributed by atoms with E-state index in [0.29, 0.717) is 22.0 Å². The average Bonchev–Trinajstić information content (AvgIpc) is 2.35. The third-order valence-corrected chi connectivity index (χ3v) is 3.76. The Hall–Kier alpha value is -0.610. The van der Waals surface area contributed by atoms with Crippen LogP contribution in [0.15, 0.2) is 41.1 Å². The van der Waals surface area contributed by atoms with Gasteiger partial charge in [-0.2, -0.15) is 0 Å². The zero-order valence-electron chi connectivity index (χ0n) is 9.28. The van der Waals surface area contributed by atoms with Crippen LogP contribution in [0.3, 0.4) is 0 Å². The molecule has 0 aliphatic rings. The van der Waals surface area contributed by atoms with E-state index in [1.165, 1.54) is 0 Å². The van der Waals surface area contributed by atoms with Crippen LogP contribution >= 0.6 is 39.1 Å². The van der Waals surface area contributed by atoms with Crippen molar-refractivity contribution in [2.24, 2.45) is 0 Å². The lowest BCUT2D eigenvalue weighted by atomic mass is 10.0. The van der Waals surface area contributed by atoms with Gasteiger partial charge in [-0.25, -0.2) is 0 Å². The van der Waals surface area contributed by atoms with Crippen LogP contribution < -0.4 is 0 Å². The van der Waals surface area contributed by atoms with Crippen molar-refractivity contribution in [1.29, 1.82) is 0 Å². The summed E-state index contributed by atoms with van der Waals surface area (Å²) in [4.78, 5) is 3.91. The molecule has 2 aromatic rings. The quantitative estimate of drug-likeness (QED) is 0.891. The molecule has 0 radical (unpaired) electrons. The van der Waals surface area contributed by atoms with E-state index in [1.807, 2.05) is 12.1 Å². The van der Waals surface area contributed by atoms with E-state index in [9.17, 15) is 5.11 Å². The fourth-order valence-corrected chi connectivity index (χ4v) is 2.48. The monoisotopic (exact) mass is 345 g/mol. The van der Waals surface area contributed by atoms with Gasteiger partial charge < -0.3 is 5.11 Å². The van der Waals surface area contributed by atoms with Gasteiger partial charge in [-0.15, -0.1) is 0 Å². The van der Waals surface area contributed by atoms with Crippen LogP contribution in [0.4, 0.5) is 0 Å². The summed E-state index contributed by atoms with van der Waals surface area (Å²) in [5.74, 6) is 0. The zero-order valence-corrected chi connectivity index (χ0v) is 12.4. The van der Waals surface area contributed by atoms with Crippen molar-refractivity contribution in [3.8, 4) is 0 Å². The molecule has 1 aromatic carbocycles. The van der Waals surface area contributed by atoms with Gasteiger partial charge in [0, 0.05) is 33.9 Å². The number of nitrogens with zero attached hydrogens (tertiary/aromatic N) is 1. The van der Waals surface area contributed by atoms with Gasteiger partial charge in [0.25, 0.3) is 0 Å². The van der Waals surface area contributed by atoms with E-state index >= 15 is 0 Å². The molecular weight excluding hydrogens is 337 g/mol. The molecule has 2 nitrogen and oxygen atoms in total. The molecule has 0 bridgehead atoms. The summed E-state index contributed by atoms with van der Waals surface area (Å²) in [6, 6.07) is 7.18. The largest absolute Gasteiger partial charge is 0.388 e. The van der Waals surface area contributed by atoms with E-state index in [-0.39, 0.29) is 0 Å². The molecule has 94 valence electrons. The van der Waals surface area contributed by atoms with Gasteiger partial charge in [0.2, 0.25) is 0 Å². The Bertz CT molecular complexity index is 562. The molecule has 0 saturated carbocycles. The number of aliphatic hydroxyl groups excluding tert-OH is 1. The summed E-state index contributed by atoms with van der Waals surface area (Å²) < 4.78 is 0.877. The van der Waals surface area contributed by atoms with E-state index < -0.39 is 6.10 Å². The van der Waals surface area contributed by atoms with E-state index in [1.54, 1.807) is 24.5 Å². The number of aliphatic hydroxyl groups is 1. The van der Waals surface area contributed by atoms with Crippen LogP contribution in [-0.2, 0) is 6.42 Å². The Morgan fingerprint density at radius 1 is 1.22 bits per heavy atom. The molecule has 1 unspecified atom stereocenters. The third-order valence-electron chi connectivity index (χ3n) is 2.59. The van der Waals surface area contributed by atoms with Crippen LogP contribution in [0.5, 0.6) is 0 Å². The second-order valence-corrected chi connectivity index (χ2v) is 5.58. The molecular formula is C13H10BrCl2NO. The Labute approximate surface area is 124 Å². The standard InChI is InChI=1S/C13H10BrCl2NO/c14-9-1-2-11(15)10(6-9)13(18)5-8-3-4-17-7-12(8)16/h1-4,6-7,13,18H,5H2. The average molecular weight is 347 g/mol. The molecule has 0 aliphatic heterocycles. The van der Waals surface area contributed by atoms with Gasteiger partial charge in [0.05, 0.1) is 11.1 Å². The number of pyridine rings is 1. The highest BCUT2D eigenvalue weighted by Crippen LogP contribution is 2.29. The fraction of sp³-hybridized carbons (Fsp3) is 0.154. The SMILES string of the molecule is OC(Cc1ccncc1Cl)c1cc(Br)ccc1Cl. The molecule has 1 N–H and O–H groups in total. The van der Waals surface area contributed by atoms with Crippen molar-refractivity contribution in [2.75, 3.05) is 0 Å². The number of halogens is 3. The maximum atomic E-state index is 10.2. The van der Waals surface area contributed by atoms with E-state index in [2.05, 4.69) is 20.9 Å². The molecule has 5 heteroatoms. The minimum absolute atomic E-state index is 0.400. The Balaban J connectivity index is 2.25. The normalized spacial score (nSPS) is 12.4. The Morgan fingerprint density at radius 3 is 2.72 bits per heavy atom. The highest BCUT2D eigenvalue weighted by atomic mass is 79.9. The highest BCUT2D eigenvalue weighted by molar-refractivity contribution is 9.10. The fourth-order valence-electron chi connectivity index (χ4n) is 1.66. The van der Waals surface area contributed by atoms with Gasteiger partial charge in [-0.1, -0.05) is 39.1 Å². The first-order chi connectivity index (χ1) is 8.58. The topological polar surface area (TPSA) is 33.1 Å². The van der Waals surface area contributed by atoms with Crippen molar-refractivity contribution < 1.29 is 5.11 Å². The van der Waals surface area contributed by atoms with Gasteiger partial charge in [0.1, 0.15) is 0 Å². The molecule has 0 amide bonds. The van der Waals surface area contributed by atoms with Crippen molar-refractivity contribution >= 4 is 39.1 Å². The summed E-state index contributed by atoms with van der Waals surface area (Å²) >= 11 is 15.4. The van der Waals surface area contributed by atoms with Gasteiger partial charge in [-0.05, 0) is 29.8 Å². The van der Waals surface area contributed by atoms with Crippen LogP contribution in [0, 0.1) is 0 Å². The Kier molecular flexibility index (Phi) is 4.62. The molecule has 0 spiro atoms. The summed E-state index contributed by atoms with van der Waals surface area (Å²) in [7, 11) is 0. The van der Waals surface area contributed by atoms with E-state index in [0.717, 1.165) is 10.0 Å². The maximum absolute atomic E-state index is 10.2. The van der Waals surface area contributed by atoms with Crippen molar-refractivity contribution in [2.45, 2.75) is 12.5 Å². The number of benzene rings is 1. The van der Waals surface area contributed by atoms with Gasteiger partial charge >= 0.3 is 0 Å². The molecule has 0 saturated heterocycles. The molecule has 1 atom stereocenters. The summed E-state index contributed by atoms with van der Waals surface area (Å²) in [6.45, 7) is 0. The minimum atomic E-state index is -0.699. The van der Waals surface area contributed by atoms with E-state index in [4.69, 9.17) is 23.2 Å². The summed E-state index contributed by atoms with van der Waals surface area (Å²) in [6.07, 6.45) is 2.91. The lowest BCUT2D eigenvalue weighted by Crippen LogP contribution is -2.03. The van der Waals surface area contributed by atoms with Gasteiger partial charge in [0.15, 0.2) is 0 Å². The number of hydrogen-bond donors (Lipinski definition) is 1. The minimum Gasteiger partial charge on any atom is -0.388 e. The molecule has 0 fully saturated rings. The van der Waals surface area contributed by atoms with Crippen LogP contribution in [0.1, 0.15) is 17.2 Å². The first kappa shape index (κ1) is 13.8.